The molecule has 4 rings (SSSR count). The topological polar surface area (TPSA) is 119 Å². The third-order valence-corrected chi connectivity index (χ3v) is 4.76. The van der Waals surface area contributed by atoms with Gasteiger partial charge in [0.25, 0.3) is 0 Å². The van der Waals surface area contributed by atoms with Crippen molar-refractivity contribution in [3.8, 4) is 23.2 Å². The second-order valence-corrected chi connectivity index (χ2v) is 6.69. The lowest BCUT2D eigenvalue weighted by Crippen LogP contribution is -2.37. The van der Waals surface area contributed by atoms with Crippen LogP contribution in [0, 0.1) is 11.3 Å². The fourth-order valence-electron chi connectivity index (χ4n) is 3.25. The first kappa shape index (κ1) is 18.4. The lowest BCUT2D eigenvalue weighted by Gasteiger charge is -2.28. The van der Waals surface area contributed by atoms with Gasteiger partial charge in [0.1, 0.15) is 18.0 Å². The zero-order valence-corrected chi connectivity index (χ0v) is 15.5. The predicted molar refractivity (Wildman–Crippen MR) is 102 cm³/mol. The average molecular weight is 382 g/mol. The van der Waals surface area contributed by atoms with Crippen LogP contribution in [-0.4, -0.2) is 60.6 Å². The van der Waals surface area contributed by atoms with Crippen molar-refractivity contribution in [2.75, 3.05) is 50.2 Å². The van der Waals surface area contributed by atoms with Crippen molar-refractivity contribution < 1.29 is 14.2 Å². The highest BCUT2D eigenvalue weighted by molar-refractivity contribution is 5.69. The number of nitriles is 1. The van der Waals surface area contributed by atoms with Gasteiger partial charge in [0.05, 0.1) is 37.7 Å². The minimum absolute atomic E-state index is 0.0500. The fourth-order valence-corrected chi connectivity index (χ4v) is 3.25. The van der Waals surface area contributed by atoms with Crippen molar-refractivity contribution in [3.63, 3.8) is 0 Å². The molecule has 2 aromatic heterocycles. The van der Waals surface area contributed by atoms with Crippen LogP contribution >= 0.6 is 0 Å². The molecule has 2 aliphatic rings. The molecule has 2 fully saturated rings. The third-order valence-electron chi connectivity index (χ3n) is 4.76. The summed E-state index contributed by atoms with van der Waals surface area (Å²) >= 11 is 0. The predicted octanol–water partition coefficient (Wildman–Crippen LogP) is 1.39. The van der Waals surface area contributed by atoms with Gasteiger partial charge in [-0.15, -0.1) is 0 Å². The summed E-state index contributed by atoms with van der Waals surface area (Å²) in [5.41, 5.74) is 7.33. The number of pyridine rings is 1. The number of aromatic nitrogens is 3. The fraction of sp³-hybridized carbons (Fsp3) is 0.474. The molecule has 9 heteroatoms. The summed E-state index contributed by atoms with van der Waals surface area (Å²) in [5, 5.41) is 9.50. The number of hydrogen-bond donors (Lipinski definition) is 1. The molecule has 2 saturated heterocycles. The standard InChI is InChI=1S/C19H22N6O3/c20-11-13-9-17(21)22-12-15(13)16-10-18(28-14-1-5-26-6-2-14)24-19(23-16)25-3-7-27-8-4-25/h9-10,12,14H,1-8H2,(H2,21,22). The maximum atomic E-state index is 9.50. The first-order valence-electron chi connectivity index (χ1n) is 9.35. The van der Waals surface area contributed by atoms with Crippen molar-refractivity contribution in [3.05, 3.63) is 23.9 Å². The molecule has 0 amide bonds. The zero-order valence-electron chi connectivity index (χ0n) is 15.5. The maximum Gasteiger partial charge on any atom is 0.229 e. The van der Waals surface area contributed by atoms with Gasteiger partial charge in [-0.05, 0) is 6.07 Å². The van der Waals surface area contributed by atoms with Crippen LogP contribution in [0.1, 0.15) is 18.4 Å². The zero-order chi connectivity index (χ0) is 19.3. The van der Waals surface area contributed by atoms with Gasteiger partial charge in [0, 0.05) is 43.8 Å². The van der Waals surface area contributed by atoms with E-state index >= 15 is 0 Å². The number of ether oxygens (including phenoxy) is 3. The van der Waals surface area contributed by atoms with Crippen LogP contribution in [0.4, 0.5) is 11.8 Å². The number of morpholine rings is 1. The van der Waals surface area contributed by atoms with Gasteiger partial charge in [-0.2, -0.15) is 10.2 Å². The molecular formula is C19H22N6O3. The van der Waals surface area contributed by atoms with Crippen LogP contribution in [0.2, 0.25) is 0 Å². The van der Waals surface area contributed by atoms with E-state index in [0.29, 0.717) is 74.0 Å². The largest absolute Gasteiger partial charge is 0.474 e. The van der Waals surface area contributed by atoms with Gasteiger partial charge in [-0.1, -0.05) is 0 Å². The van der Waals surface area contributed by atoms with Gasteiger partial charge >= 0.3 is 0 Å². The van der Waals surface area contributed by atoms with Gasteiger partial charge in [-0.25, -0.2) is 9.97 Å². The number of rotatable bonds is 4. The van der Waals surface area contributed by atoms with E-state index in [1.807, 2.05) is 0 Å². The first-order valence-corrected chi connectivity index (χ1v) is 9.35. The van der Waals surface area contributed by atoms with E-state index in [1.165, 1.54) is 0 Å². The SMILES string of the molecule is N#Cc1cc(N)ncc1-c1cc(OC2CCOCC2)nc(N2CCOCC2)n1. The molecule has 0 spiro atoms. The summed E-state index contributed by atoms with van der Waals surface area (Å²) in [7, 11) is 0. The van der Waals surface area contributed by atoms with Crippen molar-refractivity contribution in [1.82, 2.24) is 15.0 Å². The highest BCUT2D eigenvalue weighted by atomic mass is 16.5. The van der Waals surface area contributed by atoms with Crippen LogP contribution in [0.25, 0.3) is 11.3 Å². The second-order valence-electron chi connectivity index (χ2n) is 6.69. The van der Waals surface area contributed by atoms with E-state index in [0.717, 1.165) is 12.8 Å². The highest BCUT2D eigenvalue weighted by Crippen LogP contribution is 2.28. The minimum Gasteiger partial charge on any atom is -0.474 e. The highest BCUT2D eigenvalue weighted by Gasteiger charge is 2.21. The van der Waals surface area contributed by atoms with E-state index < -0.39 is 0 Å². The molecule has 0 atom stereocenters. The smallest absolute Gasteiger partial charge is 0.229 e. The Balaban J connectivity index is 1.72. The van der Waals surface area contributed by atoms with Crippen LogP contribution in [-0.2, 0) is 9.47 Å². The summed E-state index contributed by atoms with van der Waals surface area (Å²) in [6.07, 6.45) is 3.25. The van der Waals surface area contributed by atoms with Crippen molar-refractivity contribution in [1.29, 1.82) is 5.26 Å². The molecule has 146 valence electrons. The van der Waals surface area contributed by atoms with Crippen LogP contribution < -0.4 is 15.4 Å². The monoisotopic (exact) mass is 382 g/mol. The Morgan fingerprint density at radius 2 is 1.86 bits per heavy atom. The van der Waals surface area contributed by atoms with Crippen molar-refractivity contribution in [2.45, 2.75) is 18.9 Å². The summed E-state index contributed by atoms with van der Waals surface area (Å²) in [4.78, 5) is 15.5. The average Bonchev–Trinajstić information content (AvgIpc) is 2.74. The second kappa shape index (κ2) is 8.37. The number of hydrogen-bond acceptors (Lipinski definition) is 9. The minimum atomic E-state index is 0.0500. The van der Waals surface area contributed by atoms with Crippen molar-refractivity contribution >= 4 is 11.8 Å². The Hall–Kier alpha value is -2.96. The molecule has 0 aliphatic carbocycles. The van der Waals surface area contributed by atoms with E-state index in [1.54, 1.807) is 18.3 Å². The molecule has 2 N–H and O–H groups in total. The number of anilines is 2. The molecule has 0 aromatic carbocycles. The molecule has 2 aliphatic heterocycles. The van der Waals surface area contributed by atoms with Crippen LogP contribution in [0.5, 0.6) is 5.88 Å². The molecular weight excluding hydrogens is 360 g/mol. The van der Waals surface area contributed by atoms with Crippen LogP contribution in [0.3, 0.4) is 0 Å². The molecule has 9 nitrogen and oxygen atoms in total. The summed E-state index contributed by atoms with van der Waals surface area (Å²) in [5.74, 6) is 1.34. The molecule has 4 heterocycles. The third kappa shape index (κ3) is 4.13. The first-order chi connectivity index (χ1) is 13.7. The molecule has 0 bridgehead atoms. The van der Waals surface area contributed by atoms with Crippen molar-refractivity contribution in [2.24, 2.45) is 0 Å². The number of nitrogen functional groups attached to an aromatic ring is 1. The summed E-state index contributed by atoms with van der Waals surface area (Å²) in [6.45, 7) is 4.00. The van der Waals surface area contributed by atoms with Gasteiger partial charge in [-0.3, -0.25) is 0 Å². The van der Waals surface area contributed by atoms with E-state index in [4.69, 9.17) is 19.9 Å². The molecule has 0 radical (unpaired) electrons. The quantitative estimate of drug-likeness (QED) is 0.836. The van der Waals surface area contributed by atoms with E-state index in [2.05, 4.69) is 25.9 Å². The summed E-state index contributed by atoms with van der Waals surface area (Å²) < 4.78 is 17.0. The lowest BCUT2D eigenvalue weighted by molar-refractivity contribution is 0.0237. The Morgan fingerprint density at radius 3 is 2.61 bits per heavy atom. The van der Waals surface area contributed by atoms with E-state index in [9.17, 15) is 5.26 Å². The van der Waals surface area contributed by atoms with Crippen LogP contribution in [0.15, 0.2) is 18.3 Å². The number of nitrogens with two attached hydrogens (primary N) is 1. The summed E-state index contributed by atoms with van der Waals surface area (Å²) in [6, 6.07) is 5.47. The normalized spacial score (nSPS) is 17.9. The van der Waals surface area contributed by atoms with E-state index in [-0.39, 0.29) is 6.10 Å². The Labute approximate surface area is 163 Å². The molecule has 0 saturated carbocycles. The lowest BCUT2D eigenvalue weighted by atomic mass is 10.1. The van der Waals surface area contributed by atoms with Gasteiger partial charge < -0.3 is 24.8 Å². The molecule has 2 aromatic rings. The maximum absolute atomic E-state index is 9.50. The Kier molecular flexibility index (Phi) is 5.50. The van der Waals surface area contributed by atoms with Gasteiger partial charge in [0.15, 0.2) is 0 Å². The Morgan fingerprint density at radius 1 is 1.11 bits per heavy atom. The number of nitrogens with zero attached hydrogens (tertiary/aromatic N) is 5. The molecule has 28 heavy (non-hydrogen) atoms. The Bertz CT molecular complexity index is 872. The molecule has 0 unspecified atom stereocenters. The van der Waals surface area contributed by atoms with Gasteiger partial charge in [0.2, 0.25) is 11.8 Å².